The van der Waals surface area contributed by atoms with Gasteiger partial charge in [0.1, 0.15) is 5.75 Å². The number of hydrogen-bond acceptors (Lipinski definition) is 3. The number of benzene rings is 1. The number of fused-ring (bicyclic) bond motifs is 1. The van der Waals surface area contributed by atoms with E-state index in [1.165, 1.54) is 0 Å². The average Bonchev–Trinajstić information content (AvgIpc) is 1.94. The van der Waals surface area contributed by atoms with E-state index in [1.807, 2.05) is 18.2 Å². The molecule has 60 valence electrons. The molecular formula is C8H7BO3. The number of hydrogen-bond donors (Lipinski definition) is 2. The van der Waals surface area contributed by atoms with Gasteiger partial charge in [-0.3, -0.25) is 0 Å². The molecule has 0 saturated carbocycles. The molecule has 0 amide bonds. The Kier molecular flexibility index (Phi) is 1.64. The van der Waals surface area contributed by atoms with Gasteiger partial charge in [-0.15, -0.1) is 0 Å². The molecule has 2 N–H and O–H groups in total. The molecule has 0 atom stereocenters. The van der Waals surface area contributed by atoms with Gasteiger partial charge < -0.3 is 14.7 Å². The average molecular weight is 162 g/mol. The second-order valence-electron chi connectivity index (χ2n) is 2.57. The van der Waals surface area contributed by atoms with Crippen LogP contribution in [0.5, 0.6) is 5.75 Å². The summed E-state index contributed by atoms with van der Waals surface area (Å²) < 4.78 is 4.66. The zero-order valence-electron chi connectivity index (χ0n) is 6.27. The fraction of sp³-hybridized carbons (Fsp3) is 0. The Morgan fingerprint density at radius 3 is 2.33 bits per heavy atom. The van der Waals surface area contributed by atoms with Gasteiger partial charge in [0.15, 0.2) is 0 Å². The van der Waals surface area contributed by atoms with Crippen LogP contribution in [0.4, 0.5) is 0 Å². The minimum atomic E-state index is -1.74. The highest BCUT2D eigenvalue weighted by atomic mass is 16.6. The van der Waals surface area contributed by atoms with E-state index in [-0.39, 0.29) is 0 Å². The summed E-state index contributed by atoms with van der Waals surface area (Å²) in [4.78, 5) is 0. The first kappa shape index (κ1) is 7.40. The molecule has 1 aliphatic carbocycles. The minimum absolute atomic E-state index is 0.466. The molecule has 0 aliphatic heterocycles. The Morgan fingerprint density at radius 1 is 1.08 bits per heavy atom. The smallest absolute Gasteiger partial charge is 0.512 e. The maximum absolute atomic E-state index is 8.50. The van der Waals surface area contributed by atoms with Crippen LogP contribution in [-0.2, 0) is 0 Å². The predicted molar refractivity (Wildman–Crippen MR) is 46.2 cm³/mol. The van der Waals surface area contributed by atoms with Crippen molar-refractivity contribution in [1.29, 1.82) is 0 Å². The summed E-state index contributed by atoms with van der Waals surface area (Å²) in [6.45, 7) is 0. The molecule has 0 fully saturated rings. The molecule has 2 rings (SSSR count). The summed E-state index contributed by atoms with van der Waals surface area (Å²) in [5, 5.41) is 17.0. The van der Waals surface area contributed by atoms with Crippen LogP contribution in [0.1, 0.15) is 11.1 Å². The van der Waals surface area contributed by atoms with Gasteiger partial charge in [-0.05, 0) is 23.3 Å². The zero-order valence-corrected chi connectivity index (χ0v) is 6.27. The van der Waals surface area contributed by atoms with Gasteiger partial charge in [0.05, 0.1) is 0 Å². The van der Waals surface area contributed by atoms with E-state index in [0.29, 0.717) is 5.75 Å². The van der Waals surface area contributed by atoms with Gasteiger partial charge >= 0.3 is 7.32 Å². The van der Waals surface area contributed by atoms with Crippen molar-refractivity contribution in [2.45, 2.75) is 0 Å². The van der Waals surface area contributed by atoms with Crippen molar-refractivity contribution in [2.75, 3.05) is 0 Å². The first-order valence-electron chi connectivity index (χ1n) is 3.60. The first-order chi connectivity index (χ1) is 5.75. The summed E-state index contributed by atoms with van der Waals surface area (Å²) >= 11 is 0. The van der Waals surface area contributed by atoms with E-state index >= 15 is 0 Å². The lowest BCUT2D eigenvalue weighted by atomic mass is 9.98. The molecule has 1 aromatic rings. The standard InChI is InChI=1S/C8H7BO3/c10-9(11)12-8-4-3-6-1-2-7(6)5-8/h1-5,10-11H. The van der Waals surface area contributed by atoms with Crippen LogP contribution in [0, 0.1) is 0 Å². The van der Waals surface area contributed by atoms with E-state index in [1.54, 1.807) is 12.1 Å². The second-order valence-corrected chi connectivity index (χ2v) is 2.57. The van der Waals surface area contributed by atoms with Crippen LogP contribution in [-0.4, -0.2) is 17.4 Å². The van der Waals surface area contributed by atoms with Crippen molar-refractivity contribution < 1.29 is 14.7 Å². The Bertz CT molecular complexity index is 333. The third kappa shape index (κ3) is 1.22. The fourth-order valence-electron chi connectivity index (χ4n) is 1.13. The van der Waals surface area contributed by atoms with Gasteiger partial charge in [-0.1, -0.05) is 18.2 Å². The van der Waals surface area contributed by atoms with Gasteiger partial charge in [0, 0.05) is 0 Å². The van der Waals surface area contributed by atoms with Crippen molar-refractivity contribution in [3.63, 3.8) is 0 Å². The molecule has 4 heteroatoms. The first-order valence-corrected chi connectivity index (χ1v) is 3.60. The van der Waals surface area contributed by atoms with Crippen LogP contribution >= 0.6 is 0 Å². The van der Waals surface area contributed by atoms with E-state index in [4.69, 9.17) is 10.0 Å². The monoisotopic (exact) mass is 162 g/mol. The third-order valence-electron chi connectivity index (χ3n) is 1.74. The highest BCUT2D eigenvalue weighted by Gasteiger charge is 2.13. The summed E-state index contributed by atoms with van der Waals surface area (Å²) in [6, 6.07) is 5.32. The van der Waals surface area contributed by atoms with Crippen molar-refractivity contribution >= 4 is 19.5 Å². The van der Waals surface area contributed by atoms with Crippen LogP contribution in [0.2, 0.25) is 0 Å². The molecule has 12 heavy (non-hydrogen) atoms. The molecule has 1 aromatic carbocycles. The van der Waals surface area contributed by atoms with Crippen molar-refractivity contribution in [3.8, 4) is 5.75 Å². The summed E-state index contributed by atoms with van der Waals surface area (Å²) in [7, 11) is -1.74. The van der Waals surface area contributed by atoms with Gasteiger partial charge in [-0.25, -0.2) is 0 Å². The van der Waals surface area contributed by atoms with Gasteiger partial charge in [0.2, 0.25) is 0 Å². The SMILES string of the molecule is OB(O)Oc1ccc2c(c1)C=C2. The van der Waals surface area contributed by atoms with E-state index < -0.39 is 7.32 Å². The molecule has 0 heterocycles. The molecule has 0 spiro atoms. The molecule has 0 radical (unpaired) electrons. The highest BCUT2D eigenvalue weighted by Crippen LogP contribution is 2.27. The topological polar surface area (TPSA) is 49.7 Å². The van der Waals surface area contributed by atoms with Gasteiger partial charge in [0.25, 0.3) is 0 Å². The quantitative estimate of drug-likeness (QED) is 0.632. The lowest BCUT2D eigenvalue weighted by Gasteiger charge is -2.12. The van der Waals surface area contributed by atoms with E-state index in [2.05, 4.69) is 4.65 Å². The fourth-order valence-corrected chi connectivity index (χ4v) is 1.13. The Balaban J connectivity index is 2.20. The molecule has 1 aliphatic rings. The highest BCUT2D eigenvalue weighted by molar-refractivity contribution is 6.33. The normalized spacial score (nSPS) is 11.8. The van der Waals surface area contributed by atoms with Crippen LogP contribution in [0.3, 0.4) is 0 Å². The summed E-state index contributed by atoms with van der Waals surface area (Å²) in [5.41, 5.74) is 2.21. The lowest BCUT2D eigenvalue weighted by Crippen LogP contribution is -2.20. The van der Waals surface area contributed by atoms with Gasteiger partial charge in [-0.2, -0.15) is 0 Å². The van der Waals surface area contributed by atoms with Crippen molar-refractivity contribution in [3.05, 3.63) is 29.3 Å². The van der Waals surface area contributed by atoms with Crippen LogP contribution in [0.25, 0.3) is 12.2 Å². The van der Waals surface area contributed by atoms with E-state index in [9.17, 15) is 0 Å². The molecule has 3 nitrogen and oxygen atoms in total. The molecule has 0 bridgehead atoms. The second kappa shape index (κ2) is 2.66. The Morgan fingerprint density at radius 2 is 1.83 bits per heavy atom. The molecule has 0 aromatic heterocycles. The van der Waals surface area contributed by atoms with Crippen molar-refractivity contribution in [2.24, 2.45) is 0 Å². The Hall–Kier alpha value is -1.26. The largest absolute Gasteiger partial charge is 0.707 e. The molecule has 0 saturated heterocycles. The minimum Gasteiger partial charge on any atom is -0.512 e. The zero-order chi connectivity index (χ0) is 8.55. The number of rotatable bonds is 2. The molecular weight excluding hydrogens is 155 g/mol. The van der Waals surface area contributed by atoms with Crippen LogP contribution in [0.15, 0.2) is 18.2 Å². The lowest BCUT2D eigenvalue weighted by molar-refractivity contribution is 0.288. The van der Waals surface area contributed by atoms with Crippen LogP contribution < -0.4 is 4.65 Å². The maximum atomic E-state index is 8.50. The van der Waals surface area contributed by atoms with Crippen molar-refractivity contribution in [1.82, 2.24) is 0 Å². The predicted octanol–water partition coefficient (Wildman–Crippen LogP) is 0.519. The summed E-state index contributed by atoms with van der Waals surface area (Å²) in [6.07, 6.45) is 3.92. The molecule has 0 unspecified atom stereocenters. The summed E-state index contributed by atoms with van der Waals surface area (Å²) in [5.74, 6) is 0.466. The van der Waals surface area contributed by atoms with E-state index in [0.717, 1.165) is 11.1 Å². The maximum Gasteiger partial charge on any atom is 0.707 e. The third-order valence-corrected chi connectivity index (χ3v) is 1.74. The Labute approximate surface area is 70.1 Å².